The van der Waals surface area contributed by atoms with Gasteiger partial charge in [-0.3, -0.25) is 0 Å². The fourth-order valence-corrected chi connectivity index (χ4v) is 0.232. The second-order valence-corrected chi connectivity index (χ2v) is 1.16. The maximum atomic E-state index is 9.50. The first-order chi connectivity index (χ1) is 3.27. The minimum Gasteiger partial charge on any atom is 1.00 e. The number of carbonyl (C=O) groups excluding carboxylic acids is 1. The number of nitrogens with zero attached hydrogens (tertiary/aromatic N) is 1. The van der Waals surface area contributed by atoms with Crippen molar-refractivity contribution in [2.24, 2.45) is 4.99 Å². The van der Waals surface area contributed by atoms with Crippen LogP contribution in [0.4, 0.5) is 0 Å². The molecule has 0 aromatic heterocycles. The first-order valence-electron chi connectivity index (χ1n) is 1.51. The van der Waals surface area contributed by atoms with Crippen LogP contribution in [0.2, 0.25) is 0 Å². The van der Waals surface area contributed by atoms with E-state index in [2.05, 4.69) is 25.3 Å². The van der Waals surface area contributed by atoms with Crippen LogP contribution in [-0.4, -0.2) is 32.8 Å². The molecular weight excluding hydrogens is 200 g/mol. The molecule has 0 amide bonds. The van der Waals surface area contributed by atoms with Gasteiger partial charge >= 0.3 is 99.1 Å². The molecule has 0 saturated carbocycles. The van der Waals surface area contributed by atoms with E-state index in [4.69, 9.17) is 0 Å². The van der Waals surface area contributed by atoms with Crippen molar-refractivity contribution in [3.63, 3.8) is 0 Å². The van der Waals surface area contributed by atoms with Crippen molar-refractivity contribution < 1.29 is 61.3 Å². The van der Waals surface area contributed by atoms with Gasteiger partial charge in [0.05, 0.1) is 0 Å². The molecule has 38 valence electrons. The number of hydrogen-bond donors (Lipinski definition) is 0. The van der Waals surface area contributed by atoms with Crippen molar-refractivity contribution >= 4 is 26.3 Å². The molecule has 0 heterocycles. The first-order valence-corrected chi connectivity index (χ1v) is 2.36. The van der Waals surface area contributed by atoms with Crippen LogP contribution >= 0.6 is 0 Å². The number of aliphatic carboxylic acids is 1. The van der Waals surface area contributed by atoms with Crippen molar-refractivity contribution in [3.05, 3.63) is 0 Å². The zero-order valence-electron chi connectivity index (χ0n) is 4.38. The molecule has 3 nitrogen and oxygen atoms in total. The molecule has 8 heavy (non-hydrogen) atoms. The molecule has 0 saturated heterocycles. The number of hydrogen-bond acceptors (Lipinski definition) is 3. The molecule has 0 radical (unpaired) electrons. The summed E-state index contributed by atoms with van der Waals surface area (Å²) in [5, 5.41) is 9.50. The molecule has 0 aromatic rings. The molecule has 0 aliphatic carbocycles. The minimum absolute atomic E-state index is 0. The summed E-state index contributed by atoms with van der Waals surface area (Å²) in [5.41, 5.74) is 0. The molecule has 0 spiro atoms. The van der Waals surface area contributed by atoms with Crippen molar-refractivity contribution in [1.82, 2.24) is 0 Å². The average Bonchev–Trinajstić information content (AvgIpc) is 1.61. The van der Waals surface area contributed by atoms with Gasteiger partial charge in [-0.1, -0.05) is 0 Å². The number of carboxylic acids is 1. The van der Waals surface area contributed by atoms with Crippen LogP contribution in [0.3, 0.4) is 0 Å². The molecule has 0 unspecified atom stereocenters. The molecular formula is C3H2KNO2Se. The van der Waals surface area contributed by atoms with Gasteiger partial charge in [0.25, 0.3) is 0 Å². The Morgan fingerprint density at radius 1 is 1.88 bits per heavy atom. The Balaban J connectivity index is 0. The Labute approximate surface area is 97.3 Å². The normalized spacial score (nSPS) is 6.00. The van der Waals surface area contributed by atoms with Crippen LogP contribution < -0.4 is 56.5 Å². The van der Waals surface area contributed by atoms with E-state index in [9.17, 15) is 9.90 Å². The largest absolute Gasteiger partial charge is 1.00 e. The van der Waals surface area contributed by atoms with Crippen LogP contribution in [-0.2, 0) is 4.79 Å². The smallest absolute Gasteiger partial charge is 1.00 e. The predicted octanol–water partition coefficient (Wildman–Crippen LogP) is -5.19. The van der Waals surface area contributed by atoms with Crippen molar-refractivity contribution in [2.45, 2.75) is 0 Å². The zero-order valence-corrected chi connectivity index (χ0v) is 9.22. The van der Waals surface area contributed by atoms with E-state index in [1.54, 1.807) is 0 Å². The molecule has 0 atom stereocenters. The minimum atomic E-state index is -1.19. The van der Waals surface area contributed by atoms with Crippen molar-refractivity contribution in [3.8, 4) is 0 Å². The topological polar surface area (TPSA) is 52.5 Å². The molecule has 0 aliphatic rings. The van der Waals surface area contributed by atoms with E-state index in [0.29, 0.717) is 0 Å². The van der Waals surface area contributed by atoms with Gasteiger partial charge in [0, 0.05) is 0 Å². The second kappa shape index (κ2) is 8.21. The Morgan fingerprint density at radius 3 is 2.50 bits per heavy atom. The first kappa shape index (κ1) is 11.9. The van der Waals surface area contributed by atoms with Gasteiger partial charge in [0.1, 0.15) is 0 Å². The number of carboxylic acid groups (broad SMARTS) is 1. The zero-order chi connectivity index (χ0) is 5.70. The third-order valence-electron chi connectivity index (χ3n) is 0.273. The van der Waals surface area contributed by atoms with Gasteiger partial charge in [-0.05, 0) is 0 Å². The van der Waals surface area contributed by atoms with Gasteiger partial charge in [0.15, 0.2) is 0 Å². The Hall–Kier alpha value is 1.21. The standard InChI is InChI=1S/C3H3NO2Se.K/c5-3(6)1-4-2-7;/h1H2,(H,5,6);/q;+1/p-1. The summed E-state index contributed by atoms with van der Waals surface area (Å²) in [6, 6.07) is 0. The summed E-state index contributed by atoms with van der Waals surface area (Å²) in [5.74, 6) is -1.19. The fourth-order valence-electron chi connectivity index (χ4n) is 0.0968. The molecule has 0 bridgehead atoms. The van der Waals surface area contributed by atoms with E-state index < -0.39 is 5.97 Å². The SMILES string of the molecule is O=C([O-])CN=C=[Se].[K+]. The van der Waals surface area contributed by atoms with Gasteiger partial charge in [-0.2, -0.15) is 0 Å². The molecule has 0 aliphatic heterocycles. The van der Waals surface area contributed by atoms with Crippen LogP contribution in [0, 0.1) is 0 Å². The van der Waals surface area contributed by atoms with E-state index in [1.807, 2.05) is 0 Å². The van der Waals surface area contributed by atoms with Gasteiger partial charge in [-0.25, -0.2) is 0 Å². The Bertz CT molecular complexity index is 120. The second-order valence-electron chi connectivity index (χ2n) is 0.780. The monoisotopic (exact) mass is 203 g/mol. The third-order valence-corrected chi connectivity index (χ3v) is 0.544. The quantitative estimate of drug-likeness (QED) is 0.332. The molecule has 0 aromatic carbocycles. The van der Waals surface area contributed by atoms with Crippen LogP contribution in [0.25, 0.3) is 0 Å². The fraction of sp³-hybridized carbons (Fsp3) is 0.333. The summed E-state index contributed by atoms with van der Waals surface area (Å²) in [7, 11) is 0. The van der Waals surface area contributed by atoms with Crippen molar-refractivity contribution in [2.75, 3.05) is 6.54 Å². The van der Waals surface area contributed by atoms with E-state index in [1.165, 1.54) is 0 Å². The van der Waals surface area contributed by atoms with Crippen LogP contribution in [0.1, 0.15) is 0 Å². The van der Waals surface area contributed by atoms with E-state index >= 15 is 0 Å². The number of aliphatic imine (C=N–C) groups is 1. The molecule has 0 N–H and O–H groups in total. The van der Waals surface area contributed by atoms with Crippen LogP contribution in [0.15, 0.2) is 4.99 Å². The Kier molecular flexibility index (Phi) is 12.2. The maximum Gasteiger partial charge on any atom is 1.00 e. The predicted molar refractivity (Wildman–Crippen MR) is 23.1 cm³/mol. The summed E-state index contributed by atoms with van der Waals surface area (Å²) < 4.78 is 2.18. The van der Waals surface area contributed by atoms with E-state index in [-0.39, 0.29) is 57.9 Å². The molecule has 0 fully saturated rings. The van der Waals surface area contributed by atoms with Gasteiger partial charge < -0.3 is 0 Å². The molecule has 5 heteroatoms. The molecule has 0 rings (SSSR count). The summed E-state index contributed by atoms with van der Waals surface area (Å²) >= 11 is 2.29. The summed E-state index contributed by atoms with van der Waals surface area (Å²) in [6.45, 7) is -0.313. The summed E-state index contributed by atoms with van der Waals surface area (Å²) in [6.07, 6.45) is 0. The number of rotatable bonds is 2. The number of carbonyl (C=O) groups is 1. The van der Waals surface area contributed by atoms with Crippen LogP contribution in [0.5, 0.6) is 0 Å². The van der Waals surface area contributed by atoms with Gasteiger partial charge in [0.2, 0.25) is 0 Å². The van der Waals surface area contributed by atoms with Crippen molar-refractivity contribution in [1.29, 1.82) is 0 Å². The van der Waals surface area contributed by atoms with Gasteiger partial charge in [-0.15, -0.1) is 0 Å². The van der Waals surface area contributed by atoms with E-state index in [0.717, 1.165) is 0 Å². The maximum absolute atomic E-state index is 9.50. The Morgan fingerprint density at radius 2 is 2.38 bits per heavy atom. The summed E-state index contributed by atoms with van der Waals surface area (Å²) in [4.78, 5) is 12.7. The average molecular weight is 202 g/mol. The third kappa shape index (κ3) is 10.2.